The van der Waals surface area contributed by atoms with Gasteiger partial charge in [0, 0.05) is 27.0 Å². The van der Waals surface area contributed by atoms with Gasteiger partial charge < -0.3 is 5.32 Å². The van der Waals surface area contributed by atoms with Crippen molar-refractivity contribution >= 4 is 37.1 Å². The highest BCUT2D eigenvalue weighted by Crippen LogP contribution is 2.22. The Hall–Kier alpha value is 0.0900. The van der Waals surface area contributed by atoms with Crippen LogP contribution in [-0.2, 0) is 16.3 Å². The Bertz CT molecular complexity index is 456. The topological polar surface area (TPSA) is 46.2 Å². The summed E-state index contributed by atoms with van der Waals surface area (Å²) in [6, 6.07) is 2.02. The number of halogens is 1. The van der Waals surface area contributed by atoms with Crippen LogP contribution >= 0.6 is 27.3 Å². The number of sulfone groups is 1. The first-order valence-electron chi connectivity index (χ1n) is 5.49. The van der Waals surface area contributed by atoms with Crippen LogP contribution in [0.4, 0.5) is 0 Å². The van der Waals surface area contributed by atoms with Crippen molar-refractivity contribution in [3.63, 3.8) is 0 Å². The molecule has 2 unspecified atom stereocenters. The zero-order valence-corrected chi connectivity index (χ0v) is 13.5. The van der Waals surface area contributed by atoms with E-state index in [1.165, 1.54) is 11.1 Å². The van der Waals surface area contributed by atoms with Crippen molar-refractivity contribution < 1.29 is 8.42 Å². The molecule has 2 atom stereocenters. The number of likely N-dealkylation sites (N-methyl/N-ethyl adjacent to an activating group) is 1. The molecular formula is C11H18BrNO2S2. The molecule has 0 spiro atoms. The van der Waals surface area contributed by atoms with E-state index < -0.39 is 9.84 Å². The van der Waals surface area contributed by atoms with Crippen molar-refractivity contribution in [1.29, 1.82) is 0 Å². The highest BCUT2D eigenvalue weighted by Gasteiger charge is 2.25. The molecule has 98 valence electrons. The average Bonchev–Trinajstić information content (AvgIpc) is 2.61. The van der Waals surface area contributed by atoms with E-state index >= 15 is 0 Å². The van der Waals surface area contributed by atoms with Crippen LogP contribution in [0.2, 0.25) is 0 Å². The summed E-state index contributed by atoms with van der Waals surface area (Å²) in [6.07, 6.45) is 2.05. The van der Waals surface area contributed by atoms with Gasteiger partial charge in [-0.15, -0.1) is 11.3 Å². The van der Waals surface area contributed by atoms with Gasteiger partial charge >= 0.3 is 0 Å². The summed E-state index contributed by atoms with van der Waals surface area (Å²) in [5.41, 5.74) is 0. The largest absolute Gasteiger partial charge is 0.313 e. The predicted octanol–water partition coefficient (Wildman–Crippen LogP) is 2.46. The van der Waals surface area contributed by atoms with Gasteiger partial charge in [-0.25, -0.2) is 8.42 Å². The third-order valence-electron chi connectivity index (χ3n) is 2.75. The first-order valence-corrected chi connectivity index (χ1v) is 9.12. The number of rotatable bonds is 6. The highest BCUT2D eigenvalue weighted by atomic mass is 79.9. The Morgan fingerprint density at radius 2 is 2.18 bits per heavy atom. The molecule has 0 aliphatic rings. The van der Waals surface area contributed by atoms with E-state index in [2.05, 4.69) is 21.2 Å². The van der Waals surface area contributed by atoms with Gasteiger partial charge in [0.25, 0.3) is 0 Å². The van der Waals surface area contributed by atoms with Crippen molar-refractivity contribution in [2.24, 2.45) is 0 Å². The molecule has 0 bridgehead atoms. The Labute approximate surface area is 116 Å². The molecule has 1 rings (SSSR count). The molecule has 17 heavy (non-hydrogen) atoms. The van der Waals surface area contributed by atoms with Gasteiger partial charge in [0.2, 0.25) is 0 Å². The average molecular weight is 340 g/mol. The van der Waals surface area contributed by atoms with Crippen LogP contribution in [0.3, 0.4) is 0 Å². The monoisotopic (exact) mass is 339 g/mol. The number of nitrogens with one attached hydrogen (secondary N) is 1. The summed E-state index contributed by atoms with van der Waals surface area (Å²) in [6.45, 7) is 4.54. The molecule has 0 amide bonds. The van der Waals surface area contributed by atoms with E-state index in [1.807, 2.05) is 18.4 Å². The van der Waals surface area contributed by atoms with Crippen LogP contribution in [-0.4, -0.2) is 32.5 Å². The quantitative estimate of drug-likeness (QED) is 0.865. The maximum absolute atomic E-state index is 11.6. The van der Waals surface area contributed by atoms with E-state index in [-0.39, 0.29) is 11.3 Å². The van der Waals surface area contributed by atoms with Gasteiger partial charge in [0.15, 0.2) is 9.84 Å². The zero-order valence-electron chi connectivity index (χ0n) is 10.2. The molecule has 1 N–H and O–H groups in total. The molecule has 0 aliphatic carbocycles. The summed E-state index contributed by atoms with van der Waals surface area (Å²) >= 11 is 5.06. The number of hydrogen-bond acceptors (Lipinski definition) is 4. The molecule has 0 saturated heterocycles. The molecule has 1 aromatic rings. The van der Waals surface area contributed by atoms with Crippen LogP contribution < -0.4 is 5.32 Å². The van der Waals surface area contributed by atoms with Crippen molar-refractivity contribution in [3.8, 4) is 0 Å². The van der Waals surface area contributed by atoms with Gasteiger partial charge in [-0.2, -0.15) is 0 Å². The minimum Gasteiger partial charge on any atom is -0.313 e. The first-order chi connectivity index (χ1) is 7.84. The van der Waals surface area contributed by atoms with E-state index in [9.17, 15) is 8.42 Å². The second kappa shape index (κ2) is 6.31. The minimum atomic E-state index is -3.01. The van der Waals surface area contributed by atoms with Gasteiger partial charge in [-0.3, -0.25) is 0 Å². The van der Waals surface area contributed by atoms with Gasteiger partial charge in [-0.05, 0) is 41.9 Å². The summed E-state index contributed by atoms with van der Waals surface area (Å²) in [5, 5.41) is 4.90. The molecule has 1 heterocycles. The zero-order chi connectivity index (χ0) is 13.1. The minimum absolute atomic E-state index is 0.0273. The predicted molar refractivity (Wildman–Crippen MR) is 77.5 cm³/mol. The maximum atomic E-state index is 11.6. The van der Waals surface area contributed by atoms with Gasteiger partial charge in [0.05, 0.1) is 5.25 Å². The fourth-order valence-electron chi connectivity index (χ4n) is 1.64. The molecule has 6 heteroatoms. The fraction of sp³-hybridized carbons (Fsp3) is 0.636. The number of thiophene rings is 1. The summed E-state index contributed by atoms with van der Waals surface area (Å²) in [5.74, 6) is 0. The Morgan fingerprint density at radius 3 is 2.59 bits per heavy atom. The van der Waals surface area contributed by atoms with E-state index in [0.717, 1.165) is 17.4 Å². The summed E-state index contributed by atoms with van der Waals surface area (Å²) in [4.78, 5) is 1.19. The molecule has 3 nitrogen and oxygen atoms in total. The number of hydrogen-bond donors (Lipinski definition) is 1. The lowest BCUT2D eigenvalue weighted by Gasteiger charge is -2.22. The van der Waals surface area contributed by atoms with E-state index in [1.54, 1.807) is 18.3 Å². The van der Waals surface area contributed by atoms with Crippen molar-refractivity contribution in [3.05, 3.63) is 20.8 Å². The molecule has 0 saturated carbocycles. The lowest BCUT2D eigenvalue weighted by atomic mass is 10.1. The van der Waals surface area contributed by atoms with Crippen LogP contribution in [0.1, 0.15) is 18.7 Å². The molecule has 0 aliphatic heterocycles. The van der Waals surface area contributed by atoms with Crippen LogP contribution in [0, 0.1) is 0 Å². The standard InChI is InChI=1S/C11H18BrNO2S2/c1-4-13-11(8(2)17(3,14)15)6-10-5-9(12)7-16-10/h5,7-8,11,13H,4,6H2,1-3H3. The van der Waals surface area contributed by atoms with Crippen molar-refractivity contribution in [2.45, 2.75) is 31.6 Å². The van der Waals surface area contributed by atoms with Crippen LogP contribution in [0.15, 0.2) is 15.9 Å². The molecule has 1 aromatic heterocycles. The lowest BCUT2D eigenvalue weighted by molar-refractivity contribution is 0.496. The second-order valence-corrected chi connectivity index (χ2v) is 8.45. The van der Waals surface area contributed by atoms with Crippen molar-refractivity contribution in [1.82, 2.24) is 5.32 Å². The van der Waals surface area contributed by atoms with E-state index in [0.29, 0.717) is 0 Å². The Kier molecular flexibility index (Phi) is 5.63. The summed E-state index contributed by atoms with van der Waals surface area (Å²) in [7, 11) is -3.01. The Morgan fingerprint density at radius 1 is 1.53 bits per heavy atom. The normalized spacial score (nSPS) is 15.8. The maximum Gasteiger partial charge on any atom is 0.151 e. The lowest BCUT2D eigenvalue weighted by Crippen LogP contribution is -2.43. The first kappa shape index (κ1) is 15.1. The van der Waals surface area contributed by atoms with Crippen LogP contribution in [0.5, 0.6) is 0 Å². The van der Waals surface area contributed by atoms with Gasteiger partial charge in [-0.1, -0.05) is 6.92 Å². The third kappa shape index (κ3) is 4.69. The molecule has 0 fully saturated rings. The molecular weight excluding hydrogens is 322 g/mol. The highest BCUT2D eigenvalue weighted by molar-refractivity contribution is 9.10. The SMILES string of the molecule is CCNC(Cc1cc(Br)cs1)C(C)S(C)(=O)=O. The van der Waals surface area contributed by atoms with Crippen LogP contribution in [0.25, 0.3) is 0 Å². The van der Waals surface area contributed by atoms with Gasteiger partial charge in [0.1, 0.15) is 0 Å². The molecule has 0 radical (unpaired) electrons. The second-order valence-electron chi connectivity index (χ2n) is 4.13. The van der Waals surface area contributed by atoms with Crippen molar-refractivity contribution in [2.75, 3.05) is 12.8 Å². The molecule has 0 aromatic carbocycles. The fourth-order valence-corrected chi connectivity index (χ4v) is 3.94. The summed E-state index contributed by atoms with van der Waals surface area (Å²) < 4.78 is 24.2. The smallest absolute Gasteiger partial charge is 0.151 e. The third-order valence-corrected chi connectivity index (χ3v) is 6.15. The van der Waals surface area contributed by atoms with E-state index in [4.69, 9.17) is 0 Å². The Balaban J connectivity index is 2.79.